The van der Waals surface area contributed by atoms with Crippen LogP contribution in [-0.2, 0) is 0 Å². The first-order valence-electron chi connectivity index (χ1n) is 29.2. The van der Waals surface area contributed by atoms with E-state index >= 15 is 0 Å². The molecule has 5 heteroatoms. The smallest absolute Gasteiger partial charge is 0.0559 e. The third-order valence-corrected chi connectivity index (χ3v) is 17.9. The van der Waals surface area contributed by atoms with Gasteiger partial charge in [-0.15, -0.1) is 0 Å². The summed E-state index contributed by atoms with van der Waals surface area (Å²) in [5.41, 5.74) is 12.7. The van der Waals surface area contributed by atoms with Crippen molar-refractivity contribution in [3.05, 3.63) is 267 Å². The van der Waals surface area contributed by atoms with Gasteiger partial charge in [0.15, 0.2) is 0 Å². The van der Waals surface area contributed by atoms with E-state index in [0.717, 1.165) is 52.7 Å². The summed E-state index contributed by atoms with van der Waals surface area (Å²) in [6, 6.07) is 73.1. The van der Waals surface area contributed by atoms with Gasteiger partial charge in [-0.1, -0.05) is 165 Å². The van der Waals surface area contributed by atoms with E-state index in [-0.39, 0.29) is 6.04 Å². The van der Waals surface area contributed by atoms with Crippen LogP contribution < -0.4 is 14.7 Å². The van der Waals surface area contributed by atoms with Crippen LogP contribution >= 0.6 is 0 Å². The molecular weight excluding hydrogens is 959 g/mol. The number of hydrogen-bond donors (Lipinski definition) is 0. The van der Waals surface area contributed by atoms with Gasteiger partial charge in [-0.25, -0.2) is 0 Å². The summed E-state index contributed by atoms with van der Waals surface area (Å²) < 4.78 is 2.45. The van der Waals surface area contributed by atoms with Crippen molar-refractivity contribution in [2.45, 2.75) is 88.4 Å². The minimum absolute atomic E-state index is 0.194. The van der Waals surface area contributed by atoms with Crippen molar-refractivity contribution < 1.29 is 0 Å². The largest absolute Gasteiger partial charge is 0.334 e. The number of rotatable bonds is 13. The van der Waals surface area contributed by atoms with Crippen molar-refractivity contribution in [1.82, 2.24) is 9.47 Å². The molecule has 0 spiro atoms. The summed E-state index contributed by atoms with van der Waals surface area (Å²) in [5, 5.41) is 4.90. The molecule has 1 heterocycles. The molecule has 5 nitrogen and oxygen atoms in total. The first-order chi connectivity index (χ1) is 39.2. The van der Waals surface area contributed by atoms with Gasteiger partial charge in [-0.3, -0.25) is 4.90 Å². The molecule has 14 rings (SSSR count). The summed E-state index contributed by atoms with van der Waals surface area (Å²) in [6.45, 7) is 0. The lowest BCUT2D eigenvalue weighted by atomic mass is 9.73. The van der Waals surface area contributed by atoms with Crippen molar-refractivity contribution in [3.63, 3.8) is 0 Å². The van der Waals surface area contributed by atoms with Crippen LogP contribution in [0.1, 0.15) is 64.2 Å². The zero-order valence-electron chi connectivity index (χ0n) is 45.1. The van der Waals surface area contributed by atoms with Gasteiger partial charge < -0.3 is 19.3 Å². The molecule has 5 aliphatic rings. The Morgan fingerprint density at radius 1 is 0.392 bits per heavy atom. The lowest BCUT2D eigenvalue weighted by molar-refractivity contribution is 0.0403. The van der Waals surface area contributed by atoms with Gasteiger partial charge in [-0.2, -0.15) is 0 Å². The topological polar surface area (TPSA) is 17.9 Å². The Bertz CT molecular complexity index is 3800. The number of allylic oxidation sites excluding steroid dienone is 7. The van der Waals surface area contributed by atoms with Crippen LogP contribution in [0.5, 0.6) is 0 Å². The summed E-state index contributed by atoms with van der Waals surface area (Å²) in [6.07, 6.45) is 39.1. The van der Waals surface area contributed by atoms with Crippen molar-refractivity contribution in [2.24, 2.45) is 11.8 Å². The average molecular weight is 1030 g/mol. The van der Waals surface area contributed by atoms with Crippen LogP contribution in [0.15, 0.2) is 267 Å². The molecule has 0 saturated heterocycles. The maximum absolute atomic E-state index is 3.03. The maximum Gasteiger partial charge on any atom is 0.0559 e. The fourth-order valence-corrected chi connectivity index (χ4v) is 14.1. The highest BCUT2D eigenvalue weighted by Gasteiger charge is 2.38. The molecule has 0 aliphatic heterocycles. The third-order valence-electron chi connectivity index (χ3n) is 17.9. The predicted molar refractivity (Wildman–Crippen MR) is 334 cm³/mol. The van der Waals surface area contributed by atoms with Crippen molar-refractivity contribution in [1.29, 1.82) is 0 Å². The van der Waals surface area contributed by atoms with Crippen LogP contribution in [0.4, 0.5) is 39.8 Å². The quantitative estimate of drug-likeness (QED) is 0.114. The van der Waals surface area contributed by atoms with Crippen LogP contribution in [0, 0.1) is 11.8 Å². The van der Waals surface area contributed by atoms with Crippen molar-refractivity contribution >= 4 is 72.4 Å². The molecule has 8 aromatic carbocycles. The van der Waals surface area contributed by atoms with E-state index in [1.165, 1.54) is 95.3 Å². The minimum Gasteiger partial charge on any atom is -0.334 e. The molecule has 5 atom stereocenters. The minimum atomic E-state index is 0.194. The van der Waals surface area contributed by atoms with Gasteiger partial charge in [0.2, 0.25) is 0 Å². The summed E-state index contributed by atoms with van der Waals surface area (Å²) >= 11 is 0. The molecule has 5 aliphatic carbocycles. The second-order valence-corrected chi connectivity index (χ2v) is 22.5. The molecule has 9 aromatic rings. The van der Waals surface area contributed by atoms with E-state index in [0.29, 0.717) is 30.0 Å². The lowest BCUT2D eigenvalue weighted by Crippen LogP contribution is -2.52. The molecular formula is C74H69N5. The standard InChI is InChI=1S/C74H69N5/c1-6-24-58(25-7-1)75(67-36-34-54-20-16-18-22-56(54)50-67)63-38-42-65(43-39-63)77(60-28-10-3-11-29-60)69-46-48-73-71(52-69)72-53-70(47-49-74(72)79(73)62-32-14-5-15-33-62)78(61-30-12-4-13-31-61)66-44-40-64(41-45-66)76(59-26-8-2-9-27-59)68-37-35-55-21-17-19-23-57(55)51-68/h1,3-7,10-25,28-30,32-34,36,38-40,42-50,52-53,55,57,59,61,64,68H,2,8-9,26-27,31,35,37,41,51H2. The Morgan fingerprint density at radius 2 is 0.962 bits per heavy atom. The third kappa shape index (κ3) is 9.65. The zero-order valence-corrected chi connectivity index (χ0v) is 45.1. The van der Waals surface area contributed by atoms with Crippen LogP contribution in [0.3, 0.4) is 0 Å². The van der Waals surface area contributed by atoms with Crippen molar-refractivity contribution in [3.8, 4) is 5.69 Å². The summed E-state index contributed by atoms with van der Waals surface area (Å²) in [7, 11) is 0. The number of hydrogen-bond acceptors (Lipinski definition) is 4. The van der Waals surface area contributed by atoms with Crippen molar-refractivity contribution in [2.75, 3.05) is 14.7 Å². The molecule has 0 N–H and O–H groups in total. The monoisotopic (exact) mass is 1030 g/mol. The lowest BCUT2D eigenvalue weighted by Gasteiger charge is -2.48. The van der Waals surface area contributed by atoms with E-state index in [1.807, 2.05) is 0 Å². The van der Waals surface area contributed by atoms with Gasteiger partial charge in [0, 0.05) is 80.1 Å². The maximum atomic E-state index is 3.03. The van der Waals surface area contributed by atoms with Gasteiger partial charge in [0.05, 0.1) is 17.1 Å². The Balaban J connectivity index is 0.847. The van der Waals surface area contributed by atoms with Gasteiger partial charge in [0.25, 0.3) is 0 Å². The molecule has 0 bridgehead atoms. The predicted octanol–water partition coefficient (Wildman–Crippen LogP) is 19.3. The number of fused-ring (bicyclic) bond motifs is 5. The fraction of sp³-hybridized carbons (Fsp3) is 0.216. The molecule has 2 saturated carbocycles. The molecule has 0 radical (unpaired) electrons. The van der Waals surface area contributed by atoms with Gasteiger partial charge in [0.1, 0.15) is 0 Å². The normalized spacial score (nSPS) is 20.9. The zero-order chi connectivity index (χ0) is 52.5. The van der Waals surface area contributed by atoms with Crippen LogP contribution in [-0.4, -0.2) is 33.6 Å². The van der Waals surface area contributed by atoms with Gasteiger partial charge >= 0.3 is 0 Å². The highest BCUT2D eigenvalue weighted by molar-refractivity contribution is 6.12. The average Bonchev–Trinajstić information content (AvgIpc) is 3.93. The number of para-hydroxylation sites is 3. The number of nitrogens with zero attached hydrogens (tertiary/aromatic N) is 5. The van der Waals surface area contributed by atoms with Crippen LogP contribution in [0.2, 0.25) is 0 Å². The van der Waals surface area contributed by atoms with Gasteiger partial charge in [-0.05, 0) is 183 Å². The first-order valence-corrected chi connectivity index (χ1v) is 29.2. The van der Waals surface area contributed by atoms with E-state index in [4.69, 9.17) is 0 Å². The number of aromatic nitrogens is 1. The highest BCUT2D eigenvalue weighted by atomic mass is 15.2. The number of benzene rings is 8. The molecule has 5 unspecified atom stereocenters. The molecule has 2 fully saturated rings. The Kier molecular flexibility index (Phi) is 13.5. The fourth-order valence-electron chi connectivity index (χ4n) is 14.1. The summed E-state index contributed by atoms with van der Waals surface area (Å²) in [4.78, 5) is 10.4. The Hall–Kier alpha value is -8.38. The van der Waals surface area contributed by atoms with Crippen LogP contribution in [0.25, 0.3) is 38.3 Å². The van der Waals surface area contributed by atoms with E-state index in [2.05, 4.69) is 285 Å². The van der Waals surface area contributed by atoms with E-state index in [1.54, 1.807) is 0 Å². The molecule has 79 heavy (non-hydrogen) atoms. The second kappa shape index (κ2) is 21.8. The Morgan fingerprint density at radius 3 is 1.62 bits per heavy atom. The Labute approximate surface area is 466 Å². The van der Waals surface area contributed by atoms with E-state index in [9.17, 15) is 0 Å². The first kappa shape index (κ1) is 49.0. The molecule has 1 aromatic heterocycles. The van der Waals surface area contributed by atoms with E-state index < -0.39 is 0 Å². The summed E-state index contributed by atoms with van der Waals surface area (Å²) in [5.74, 6) is 1.38. The highest BCUT2D eigenvalue weighted by Crippen LogP contribution is 2.45. The number of anilines is 7. The molecule has 390 valence electrons. The molecule has 0 amide bonds. The second-order valence-electron chi connectivity index (χ2n) is 22.5. The SMILES string of the molecule is C1=CCC(N(C2=CCC(N(C3CCCCC3)C3CCC4C=CC=CC4C3)C=C2)c2ccc3c(c2)c2cc(N(c4ccccc4)c4ccc(N(c5ccccc5)c5ccc6ccccc6c5)cc4)ccc2n3-c2ccccc2)C=C1.